The number of amides is 5. The zero-order valence-electron chi connectivity index (χ0n) is 29.9. The summed E-state index contributed by atoms with van der Waals surface area (Å²) in [6.45, 7) is 9.86. The lowest BCUT2D eigenvalue weighted by Gasteiger charge is -2.37. The Morgan fingerprint density at radius 1 is 0.918 bits per heavy atom. The fourth-order valence-electron chi connectivity index (χ4n) is 7.12. The summed E-state index contributed by atoms with van der Waals surface area (Å²) in [5.41, 5.74) is -0.530. The largest absolute Gasteiger partial charge is 0.347 e. The van der Waals surface area contributed by atoms with Crippen LogP contribution in [0.15, 0.2) is 24.4 Å². The first-order valence-electron chi connectivity index (χ1n) is 18.3. The summed E-state index contributed by atoms with van der Waals surface area (Å²) in [5, 5.41) is 11.5. The highest BCUT2D eigenvalue weighted by Gasteiger charge is 2.46. The van der Waals surface area contributed by atoms with Crippen LogP contribution in [0.25, 0.3) is 0 Å². The van der Waals surface area contributed by atoms with Crippen molar-refractivity contribution >= 4 is 35.3 Å². The minimum atomic E-state index is -0.995. The highest BCUT2D eigenvalue weighted by Crippen LogP contribution is 2.32. The number of carbonyl (C=O) groups is 6. The lowest BCUT2D eigenvalue weighted by atomic mass is 9.82. The van der Waals surface area contributed by atoms with Gasteiger partial charge in [-0.05, 0) is 74.3 Å². The number of hydrogen-bond acceptors (Lipinski definition) is 7. The molecule has 0 radical (unpaired) electrons. The van der Waals surface area contributed by atoms with E-state index in [1.807, 2.05) is 27.7 Å². The molecule has 4 N–H and O–H groups in total. The number of nitrogens with one attached hydrogen (secondary N) is 4. The van der Waals surface area contributed by atoms with Gasteiger partial charge in [0, 0.05) is 18.8 Å². The quantitative estimate of drug-likeness (QED) is 0.206. The van der Waals surface area contributed by atoms with Crippen LogP contribution in [-0.2, 0) is 24.0 Å². The van der Waals surface area contributed by atoms with Crippen molar-refractivity contribution in [1.29, 1.82) is 0 Å². The molecular formula is C37H56N6O6. The Kier molecular flexibility index (Phi) is 13.3. The van der Waals surface area contributed by atoms with Gasteiger partial charge in [0.05, 0.1) is 6.04 Å². The lowest BCUT2D eigenvalue weighted by molar-refractivity contribution is -0.145. The Morgan fingerprint density at radius 3 is 2.22 bits per heavy atom. The van der Waals surface area contributed by atoms with Crippen molar-refractivity contribution in [1.82, 2.24) is 31.2 Å². The molecule has 5 amide bonds. The molecule has 1 aromatic rings. The maximum atomic E-state index is 14.5. The van der Waals surface area contributed by atoms with Crippen molar-refractivity contribution in [2.75, 3.05) is 6.54 Å². The monoisotopic (exact) mass is 680 g/mol. The first-order chi connectivity index (χ1) is 23.3. The van der Waals surface area contributed by atoms with E-state index in [-0.39, 0.29) is 29.5 Å². The molecule has 12 nitrogen and oxygen atoms in total. The van der Waals surface area contributed by atoms with E-state index in [1.165, 1.54) is 6.20 Å². The molecule has 270 valence electrons. The highest BCUT2D eigenvalue weighted by atomic mass is 16.2. The third kappa shape index (κ3) is 10.3. The second-order valence-electron chi connectivity index (χ2n) is 15.2. The summed E-state index contributed by atoms with van der Waals surface area (Å²) in [4.78, 5) is 87.1. The van der Waals surface area contributed by atoms with Crippen LogP contribution in [0.1, 0.15) is 122 Å². The molecule has 1 aliphatic heterocycles. The van der Waals surface area contributed by atoms with E-state index in [0.717, 1.165) is 57.8 Å². The van der Waals surface area contributed by atoms with Crippen LogP contribution in [0.3, 0.4) is 0 Å². The van der Waals surface area contributed by atoms with Gasteiger partial charge in [-0.1, -0.05) is 72.8 Å². The second kappa shape index (κ2) is 17.2. The minimum Gasteiger partial charge on any atom is -0.347 e. The number of rotatable bonds is 15. The average molecular weight is 681 g/mol. The van der Waals surface area contributed by atoms with Gasteiger partial charge < -0.3 is 26.2 Å². The molecule has 3 aliphatic rings. The number of hydrogen-bond donors (Lipinski definition) is 4. The summed E-state index contributed by atoms with van der Waals surface area (Å²) >= 11 is 0. The molecule has 0 unspecified atom stereocenters. The molecule has 0 bridgehead atoms. The van der Waals surface area contributed by atoms with Gasteiger partial charge in [-0.2, -0.15) is 0 Å². The molecule has 0 aromatic carbocycles. The SMILES string of the molecule is CCC[C@@H]1C[C@@H](C(=O)N[C@@H](CCC)C(=O)C(=O)NC2CC2)N(C(=O)[C@@H](NC(=O)[C@@H](NC(=O)c2ccccn2)C2CCCCC2)C(C)(C)C)C1. The van der Waals surface area contributed by atoms with Crippen LogP contribution in [0.5, 0.6) is 0 Å². The molecular weight excluding hydrogens is 624 g/mol. The molecule has 4 rings (SSSR count). The summed E-state index contributed by atoms with van der Waals surface area (Å²) in [6, 6.07) is 1.33. The molecule has 1 saturated heterocycles. The number of Topliss-reactive ketones (excluding diaryl/α,β-unsaturated/α-hetero) is 1. The maximum Gasteiger partial charge on any atom is 0.289 e. The highest BCUT2D eigenvalue weighted by molar-refractivity contribution is 6.38. The van der Waals surface area contributed by atoms with Crippen molar-refractivity contribution in [3.8, 4) is 0 Å². The third-order valence-electron chi connectivity index (χ3n) is 10.0. The fourth-order valence-corrected chi connectivity index (χ4v) is 7.12. The smallest absolute Gasteiger partial charge is 0.289 e. The number of ketones is 1. The first-order valence-corrected chi connectivity index (χ1v) is 18.3. The van der Waals surface area contributed by atoms with Gasteiger partial charge in [-0.25, -0.2) is 0 Å². The number of nitrogens with zero attached hydrogens (tertiary/aromatic N) is 2. The molecule has 5 atom stereocenters. The number of likely N-dealkylation sites (tertiary alicyclic amines) is 1. The Hall–Kier alpha value is -3.83. The van der Waals surface area contributed by atoms with Crippen molar-refractivity contribution in [3.63, 3.8) is 0 Å². The van der Waals surface area contributed by atoms with E-state index in [1.54, 1.807) is 23.1 Å². The number of aromatic nitrogens is 1. The summed E-state index contributed by atoms with van der Waals surface area (Å²) in [6.07, 6.45) is 10.7. The molecule has 1 aromatic heterocycles. The van der Waals surface area contributed by atoms with Crippen molar-refractivity contribution in [3.05, 3.63) is 30.1 Å². The first kappa shape index (κ1) is 38.0. The molecule has 49 heavy (non-hydrogen) atoms. The fraction of sp³-hybridized carbons (Fsp3) is 0.703. The zero-order chi connectivity index (χ0) is 35.7. The second-order valence-corrected chi connectivity index (χ2v) is 15.2. The van der Waals surface area contributed by atoms with Gasteiger partial charge in [0.1, 0.15) is 23.8 Å². The third-order valence-corrected chi connectivity index (χ3v) is 10.0. The van der Waals surface area contributed by atoms with Crippen molar-refractivity contribution < 1.29 is 28.8 Å². The van der Waals surface area contributed by atoms with Gasteiger partial charge in [-0.15, -0.1) is 0 Å². The van der Waals surface area contributed by atoms with E-state index < -0.39 is 59.0 Å². The Balaban J connectivity index is 1.55. The normalized spacial score (nSPS) is 21.6. The van der Waals surface area contributed by atoms with Crippen molar-refractivity contribution in [2.24, 2.45) is 17.3 Å². The molecule has 0 spiro atoms. The maximum absolute atomic E-state index is 14.5. The van der Waals surface area contributed by atoms with Crippen molar-refractivity contribution in [2.45, 2.75) is 142 Å². The van der Waals surface area contributed by atoms with Gasteiger partial charge in [0.2, 0.25) is 23.5 Å². The lowest BCUT2D eigenvalue weighted by Crippen LogP contribution is -2.62. The van der Waals surface area contributed by atoms with Gasteiger partial charge in [-0.3, -0.25) is 33.8 Å². The van der Waals surface area contributed by atoms with E-state index in [2.05, 4.69) is 33.2 Å². The van der Waals surface area contributed by atoms with Gasteiger partial charge in [0.15, 0.2) is 0 Å². The zero-order valence-corrected chi connectivity index (χ0v) is 29.9. The molecule has 2 heterocycles. The Labute approximate surface area is 290 Å². The van der Waals surface area contributed by atoms with E-state index in [4.69, 9.17) is 0 Å². The van der Waals surface area contributed by atoms with Crippen LogP contribution >= 0.6 is 0 Å². The van der Waals surface area contributed by atoms with Crippen LogP contribution in [0, 0.1) is 17.3 Å². The topological polar surface area (TPSA) is 167 Å². The van der Waals surface area contributed by atoms with E-state index in [9.17, 15) is 28.8 Å². The summed E-state index contributed by atoms with van der Waals surface area (Å²) in [5.74, 6) is -3.15. The van der Waals surface area contributed by atoms with Crippen LogP contribution in [0.2, 0.25) is 0 Å². The minimum absolute atomic E-state index is 0.0118. The summed E-state index contributed by atoms with van der Waals surface area (Å²) in [7, 11) is 0. The van der Waals surface area contributed by atoms with Crippen LogP contribution in [-0.4, -0.2) is 82.0 Å². The van der Waals surface area contributed by atoms with E-state index >= 15 is 0 Å². The Bertz CT molecular complexity index is 1340. The van der Waals surface area contributed by atoms with Gasteiger partial charge >= 0.3 is 0 Å². The molecule has 12 heteroatoms. The predicted molar refractivity (Wildman–Crippen MR) is 185 cm³/mol. The van der Waals surface area contributed by atoms with Crippen LogP contribution < -0.4 is 21.3 Å². The molecule has 3 fully saturated rings. The molecule has 2 aliphatic carbocycles. The Morgan fingerprint density at radius 2 is 1.63 bits per heavy atom. The molecule has 2 saturated carbocycles. The van der Waals surface area contributed by atoms with Crippen LogP contribution in [0.4, 0.5) is 0 Å². The number of carbonyl (C=O) groups excluding carboxylic acids is 6. The number of pyridine rings is 1. The predicted octanol–water partition coefficient (Wildman–Crippen LogP) is 3.44. The van der Waals surface area contributed by atoms with E-state index in [0.29, 0.717) is 25.8 Å². The average Bonchev–Trinajstić information content (AvgIpc) is 3.80. The summed E-state index contributed by atoms with van der Waals surface area (Å²) < 4.78 is 0. The standard InChI is InChI=1S/C37H56N6O6/c1-6-13-23-21-28(33(46)40-26(14-7-2)30(44)35(48)39-25-18-19-25)43(22-23)36(49)31(37(3,4)5)42-34(47)29(24-15-9-8-10-16-24)41-32(45)27-17-11-12-20-38-27/h11-12,17,20,23-26,28-29,31H,6-10,13-16,18-19,21-22H2,1-5H3,(H,39,48)(H,40,46)(H,41,45)(H,42,47)/t23-,26+,28+,29+,31-/m1/s1. The van der Waals surface area contributed by atoms with Gasteiger partial charge in [0.25, 0.3) is 11.8 Å².